The van der Waals surface area contributed by atoms with E-state index in [9.17, 15) is 18.0 Å². The fourth-order valence-corrected chi connectivity index (χ4v) is 3.59. The van der Waals surface area contributed by atoms with Crippen LogP contribution in [-0.2, 0) is 23.2 Å². The van der Waals surface area contributed by atoms with Crippen molar-refractivity contribution in [1.82, 2.24) is 20.0 Å². The van der Waals surface area contributed by atoms with E-state index in [0.29, 0.717) is 5.91 Å². The highest BCUT2D eigenvalue weighted by Crippen LogP contribution is 2.38. The fraction of sp³-hybridized carbons (Fsp3) is 0.706. The van der Waals surface area contributed by atoms with Gasteiger partial charge in [0.05, 0.1) is 11.1 Å². The summed E-state index contributed by atoms with van der Waals surface area (Å²) in [5.74, 6) is -2.46. The number of hydrogen-bond donors (Lipinski definition) is 2. The van der Waals surface area contributed by atoms with Crippen molar-refractivity contribution in [2.24, 2.45) is 12.5 Å². The normalized spacial score (nSPS) is 20.0. The van der Waals surface area contributed by atoms with Crippen LogP contribution in [0, 0.1) is 12.3 Å². The molecule has 3 heterocycles. The number of aliphatic carboxylic acids is 1. The maximum atomic E-state index is 12.2. The van der Waals surface area contributed by atoms with Gasteiger partial charge in [-0.15, -0.1) is 0 Å². The van der Waals surface area contributed by atoms with E-state index in [1.807, 2.05) is 11.7 Å². The van der Waals surface area contributed by atoms with Gasteiger partial charge in [-0.05, 0) is 45.7 Å². The van der Waals surface area contributed by atoms with Crippen LogP contribution >= 0.6 is 0 Å². The number of nitrogens with zero attached hydrogens (tertiary/aromatic N) is 3. The van der Waals surface area contributed by atoms with Gasteiger partial charge < -0.3 is 10.4 Å². The number of carboxylic acid groups (broad SMARTS) is 1. The quantitative estimate of drug-likeness (QED) is 0.805. The van der Waals surface area contributed by atoms with Crippen molar-refractivity contribution < 1.29 is 27.9 Å². The zero-order chi connectivity index (χ0) is 20.2. The van der Waals surface area contributed by atoms with Crippen LogP contribution in [0.5, 0.6) is 0 Å². The van der Waals surface area contributed by atoms with E-state index in [-0.39, 0.29) is 5.41 Å². The summed E-state index contributed by atoms with van der Waals surface area (Å²) in [5.41, 5.74) is 2.35. The molecule has 1 amide bonds. The summed E-state index contributed by atoms with van der Waals surface area (Å²) in [5, 5.41) is 14.6. The molecule has 2 saturated heterocycles. The minimum absolute atomic E-state index is 0.0707. The van der Waals surface area contributed by atoms with Crippen molar-refractivity contribution in [1.29, 1.82) is 0 Å². The molecular weight excluding hydrogens is 365 g/mol. The van der Waals surface area contributed by atoms with Crippen LogP contribution in [-0.4, -0.2) is 57.5 Å². The van der Waals surface area contributed by atoms with Gasteiger partial charge in [0.25, 0.3) is 0 Å². The van der Waals surface area contributed by atoms with Crippen LogP contribution in [0.2, 0.25) is 0 Å². The fourth-order valence-electron chi connectivity index (χ4n) is 3.59. The summed E-state index contributed by atoms with van der Waals surface area (Å²) in [6.07, 6.45) is 1.22. The Morgan fingerprint density at radius 3 is 2.37 bits per heavy atom. The molecule has 0 atom stereocenters. The molecule has 0 unspecified atom stereocenters. The van der Waals surface area contributed by atoms with Gasteiger partial charge in [0.15, 0.2) is 0 Å². The van der Waals surface area contributed by atoms with Gasteiger partial charge in [-0.3, -0.25) is 14.4 Å². The first kappa shape index (κ1) is 21.2. The molecule has 3 rings (SSSR count). The Bertz CT molecular complexity index is 679. The van der Waals surface area contributed by atoms with Gasteiger partial charge in [0, 0.05) is 31.9 Å². The molecule has 10 heteroatoms. The van der Waals surface area contributed by atoms with E-state index in [2.05, 4.69) is 28.4 Å². The number of likely N-dealkylation sites (tertiary alicyclic amines) is 1. The molecule has 0 bridgehead atoms. The summed E-state index contributed by atoms with van der Waals surface area (Å²) in [6.45, 7) is 5.91. The van der Waals surface area contributed by atoms with Crippen LogP contribution in [0.25, 0.3) is 0 Å². The first-order valence-electron chi connectivity index (χ1n) is 8.83. The number of rotatable bonds is 2. The van der Waals surface area contributed by atoms with Gasteiger partial charge in [0.1, 0.15) is 0 Å². The van der Waals surface area contributed by atoms with Crippen LogP contribution in [0.4, 0.5) is 13.2 Å². The molecule has 1 spiro atoms. The minimum atomic E-state index is -5.08. The summed E-state index contributed by atoms with van der Waals surface area (Å²) in [7, 11) is 1.97. The van der Waals surface area contributed by atoms with Crippen molar-refractivity contribution >= 4 is 11.9 Å². The lowest BCUT2D eigenvalue weighted by molar-refractivity contribution is -0.192. The number of carboxylic acids is 1. The SMILES string of the molecule is Cc1nn(C)cc1CN1CCC2(CCCNC2=O)CC1.O=C(O)C(F)(F)F. The Labute approximate surface area is 155 Å². The van der Waals surface area contributed by atoms with Gasteiger partial charge >= 0.3 is 12.1 Å². The predicted molar refractivity (Wildman–Crippen MR) is 90.8 cm³/mol. The third kappa shape index (κ3) is 5.44. The molecule has 2 fully saturated rings. The van der Waals surface area contributed by atoms with E-state index in [1.165, 1.54) is 5.56 Å². The molecule has 0 radical (unpaired) electrons. The zero-order valence-corrected chi connectivity index (χ0v) is 15.5. The summed E-state index contributed by atoms with van der Waals surface area (Å²) < 4.78 is 33.6. The number of aromatic nitrogens is 2. The van der Waals surface area contributed by atoms with Crippen LogP contribution in [0.3, 0.4) is 0 Å². The van der Waals surface area contributed by atoms with E-state index < -0.39 is 12.1 Å². The minimum Gasteiger partial charge on any atom is -0.475 e. The number of carbonyl (C=O) groups is 2. The highest BCUT2D eigenvalue weighted by atomic mass is 19.4. The van der Waals surface area contributed by atoms with Crippen LogP contribution < -0.4 is 5.32 Å². The largest absolute Gasteiger partial charge is 0.490 e. The number of aryl methyl sites for hydroxylation is 2. The molecule has 0 aromatic carbocycles. The summed E-state index contributed by atoms with van der Waals surface area (Å²) in [4.78, 5) is 23.5. The second-order valence-electron chi connectivity index (χ2n) is 7.13. The van der Waals surface area contributed by atoms with Crippen LogP contribution in [0.1, 0.15) is 36.9 Å². The molecule has 7 nitrogen and oxygen atoms in total. The lowest BCUT2D eigenvalue weighted by atomic mass is 9.72. The Hall–Kier alpha value is -2.10. The van der Waals surface area contributed by atoms with Crippen molar-refractivity contribution in [3.8, 4) is 0 Å². The standard InChI is InChI=1S/C15H24N4O.C2HF3O2/c1-12-13(10-18(2)17-12)11-19-8-5-15(6-9-19)4-3-7-16-14(15)20;3-2(4,5)1(6)7/h10H,3-9,11H2,1-2H3,(H,16,20);(H,6,7). The number of hydrogen-bond acceptors (Lipinski definition) is 4. The third-order valence-electron chi connectivity index (χ3n) is 5.16. The average molecular weight is 390 g/mol. The number of amides is 1. The first-order valence-corrected chi connectivity index (χ1v) is 8.83. The number of halogens is 3. The molecule has 1 aromatic heterocycles. The molecule has 1 aromatic rings. The second-order valence-corrected chi connectivity index (χ2v) is 7.13. The van der Waals surface area contributed by atoms with Gasteiger partial charge in [-0.1, -0.05) is 0 Å². The maximum absolute atomic E-state index is 12.2. The molecule has 2 aliphatic rings. The predicted octanol–water partition coefficient (Wildman–Crippen LogP) is 1.85. The second kappa shape index (κ2) is 8.28. The lowest BCUT2D eigenvalue weighted by Gasteiger charge is -2.42. The molecule has 0 saturated carbocycles. The Balaban J connectivity index is 0.000000321. The molecule has 27 heavy (non-hydrogen) atoms. The van der Waals surface area contributed by atoms with Crippen molar-refractivity contribution in [3.63, 3.8) is 0 Å². The van der Waals surface area contributed by atoms with E-state index in [1.54, 1.807) is 0 Å². The average Bonchev–Trinajstić information content (AvgIpc) is 2.89. The Kier molecular flexibility index (Phi) is 6.50. The van der Waals surface area contributed by atoms with E-state index >= 15 is 0 Å². The van der Waals surface area contributed by atoms with E-state index in [0.717, 1.165) is 57.6 Å². The van der Waals surface area contributed by atoms with Gasteiger partial charge in [0.2, 0.25) is 5.91 Å². The highest BCUT2D eigenvalue weighted by Gasteiger charge is 2.42. The molecule has 0 aliphatic carbocycles. The lowest BCUT2D eigenvalue weighted by Crippen LogP contribution is -2.51. The molecular formula is C17H25F3N4O3. The van der Waals surface area contributed by atoms with Gasteiger partial charge in [-0.25, -0.2) is 4.79 Å². The number of alkyl halides is 3. The molecule has 2 N–H and O–H groups in total. The topological polar surface area (TPSA) is 87.5 Å². The number of carbonyl (C=O) groups excluding carboxylic acids is 1. The Morgan fingerprint density at radius 1 is 1.33 bits per heavy atom. The number of nitrogens with one attached hydrogen (secondary N) is 1. The van der Waals surface area contributed by atoms with Gasteiger partial charge in [-0.2, -0.15) is 18.3 Å². The summed E-state index contributed by atoms with van der Waals surface area (Å²) >= 11 is 0. The molecule has 2 aliphatic heterocycles. The van der Waals surface area contributed by atoms with Crippen molar-refractivity contribution in [2.75, 3.05) is 19.6 Å². The Morgan fingerprint density at radius 2 is 1.93 bits per heavy atom. The first-order chi connectivity index (χ1) is 12.5. The van der Waals surface area contributed by atoms with E-state index in [4.69, 9.17) is 9.90 Å². The zero-order valence-electron chi connectivity index (χ0n) is 15.5. The van der Waals surface area contributed by atoms with Crippen molar-refractivity contribution in [3.05, 3.63) is 17.5 Å². The smallest absolute Gasteiger partial charge is 0.475 e. The molecule has 152 valence electrons. The summed E-state index contributed by atoms with van der Waals surface area (Å²) in [6, 6.07) is 0. The van der Waals surface area contributed by atoms with Crippen LogP contribution in [0.15, 0.2) is 6.20 Å². The monoisotopic (exact) mass is 390 g/mol. The van der Waals surface area contributed by atoms with Crippen molar-refractivity contribution in [2.45, 2.75) is 45.3 Å². The number of piperidine rings is 2. The third-order valence-corrected chi connectivity index (χ3v) is 5.16. The highest BCUT2D eigenvalue weighted by molar-refractivity contribution is 5.83. The maximum Gasteiger partial charge on any atom is 0.490 e.